The van der Waals surface area contributed by atoms with E-state index in [9.17, 15) is 9.59 Å². The summed E-state index contributed by atoms with van der Waals surface area (Å²) >= 11 is 0. The average Bonchev–Trinajstić information content (AvgIpc) is 3.51. The maximum absolute atomic E-state index is 12.5. The van der Waals surface area contributed by atoms with Gasteiger partial charge in [0, 0.05) is 42.7 Å². The fourth-order valence-electron chi connectivity index (χ4n) is 3.88. The zero-order chi connectivity index (χ0) is 21.5. The summed E-state index contributed by atoms with van der Waals surface area (Å²) in [6, 6.07) is 14.6. The van der Waals surface area contributed by atoms with Crippen molar-refractivity contribution in [3.8, 4) is 5.75 Å². The molecule has 7 heteroatoms. The zero-order valence-corrected chi connectivity index (χ0v) is 17.6. The maximum atomic E-state index is 12.5. The first kappa shape index (κ1) is 21.2. The van der Waals surface area contributed by atoms with E-state index in [1.54, 1.807) is 24.3 Å². The van der Waals surface area contributed by atoms with Crippen molar-refractivity contribution in [3.05, 3.63) is 54.1 Å². The van der Waals surface area contributed by atoms with E-state index in [4.69, 9.17) is 9.47 Å². The predicted molar refractivity (Wildman–Crippen MR) is 120 cm³/mol. The Morgan fingerprint density at radius 3 is 2.65 bits per heavy atom. The standard InChI is InChI=1S/C24H29N3O4/c28-23(26-20-8-3-6-18(14-20)24(29)27-11-1-2-12-27)16-25-19-7-4-9-21(15-19)31-17-22-10-5-13-30-22/h3-4,6-9,14-15,22,25H,1-2,5,10-13,16-17H2,(H,26,28). The number of anilines is 2. The Morgan fingerprint density at radius 2 is 1.84 bits per heavy atom. The smallest absolute Gasteiger partial charge is 0.253 e. The molecule has 2 amide bonds. The zero-order valence-electron chi connectivity index (χ0n) is 17.6. The minimum absolute atomic E-state index is 0.0199. The molecule has 2 saturated heterocycles. The maximum Gasteiger partial charge on any atom is 0.253 e. The van der Waals surface area contributed by atoms with Crippen LogP contribution in [0, 0.1) is 0 Å². The lowest BCUT2D eigenvalue weighted by Crippen LogP contribution is -2.27. The third-order valence-electron chi connectivity index (χ3n) is 5.53. The molecule has 2 aromatic rings. The van der Waals surface area contributed by atoms with Gasteiger partial charge in [0.1, 0.15) is 12.4 Å². The summed E-state index contributed by atoms with van der Waals surface area (Å²) < 4.78 is 11.4. The molecule has 2 aromatic carbocycles. The molecule has 0 saturated carbocycles. The molecule has 2 fully saturated rings. The number of nitrogens with one attached hydrogen (secondary N) is 2. The van der Waals surface area contributed by atoms with Crippen molar-refractivity contribution >= 4 is 23.2 Å². The highest BCUT2D eigenvalue weighted by Crippen LogP contribution is 2.20. The van der Waals surface area contributed by atoms with Gasteiger partial charge in [-0.2, -0.15) is 0 Å². The van der Waals surface area contributed by atoms with Crippen molar-refractivity contribution < 1.29 is 19.1 Å². The molecule has 1 unspecified atom stereocenters. The van der Waals surface area contributed by atoms with Crippen LogP contribution in [0.5, 0.6) is 5.75 Å². The monoisotopic (exact) mass is 423 g/mol. The number of nitrogens with zero attached hydrogens (tertiary/aromatic N) is 1. The van der Waals surface area contributed by atoms with Crippen molar-refractivity contribution in [2.75, 3.05) is 43.5 Å². The molecule has 0 radical (unpaired) electrons. The van der Waals surface area contributed by atoms with Crippen molar-refractivity contribution in [1.82, 2.24) is 4.90 Å². The second-order valence-electron chi connectivity index (χ2n) is 7.96. The summed E-state index contributed by atoms with van der Waals surface area (Å²) in [5, 5.41) is 5.97. The Labute approximate surface area is 182 Å². The van der Waals surface area contributed by atoms with Crippen LogP contribution in [0.3, 0.4) is 0 Å². The summed E-state index contributed by atoms with van der Waals surface area (Å²) in [6.45, 7) is 3.06. The molecule has 164 valence electrons. The average molecular weight is 424 g/mol. The summed E-state index contributed by atoms with van der Waals surface area (Å²) in [5.74, 6) is 0.581. The van der Waals surface area contributed by atoms with Gasteiger partial charge in [0.2, 0.25) is 5.91 Å². The number of rotatable bonds is 8. The van der Waals surface area contributed by atoms with Gasteiger partial charge in [-0.05, 0) is 56.0 Å². The van der Waals surface area contributed by atoms with Crippen molar-refractivity contribution in [3.63, 3.8) is 0 Å². The normalized spacial score (nSPS) is 18.1. The van der Waals surface area contributed by atoms with E-state index in [0.29, 0.717) is 17.9 Å². The number of likely N-dealkylation sites (tertiary alicyclic amines) is 1. The highest BCUT2D eigenvalue weighted by molar-refractivity contribution is 5.98. The SMILES string of the molecule is O=C(CNc1cccc(OCC2CCCO2)c1)Nc1cccc(C(=O)N2CCCC2)c1. The van der Waals surface area contributed by atoms with Crippen LogP contribution < -0.4 is 15.4 Å². The van der Waals surface area contributed by atoms with E-state index in [1.165, 1.54) is 0 Å². The topological polar surface area (TPSA) is 79.9 Å². The summed E-state index contributed by atoms with van der Waals surface area (Å²) in [7, 11) is 0. The van der Waals surface area contributed by atoms with Crippen molar-refractivity contribution in [2.45, 2.75) is 31.8 Å². The van der Waals surface area contributed by atoms with E-state index < -0.39 is 0 Å². The largest absolute Gasteiger partial charge is 0.491 e. The lowest BCUT2D eigenvalue weighted by atomic mass is 10.1. The second kappa shape index (κ2) is 10.3. The molecule has 31 heavy (non-hydrogen) atoms. The van der Waals surface area contributed by atoms with Gasteiger partial charge in [0.05, 0.1) is 12.6 Å². The van der Waals surface area contributed by atoms with Gasteiger partial charge in [-0.3, -0.25) is 9.59 Å². The van der Waals surface area contributed by atoms with Crippen LogP contribution in [-0.4, -0.2) is 55.7 Å². The van der Waals surface area contributed by atoms with Gasteiger partial charge in [0.15, 0.2) is 0 Å². The van der Waals surface area contributed by atoms with E-state index >= 15 is 0 Å². The highest BCUT2D eigenvalue weighted by atomic mass is 16.5. The van der Waals surface area contributed by atoms with Crippen molar-refractivity contribution in [2.24, 2.45) is 0 Å². The van der Waals surface area contributed by atoms with Crippen LogP contribution in [0.4, 0.5) is 11.4 Å². The Balaban J connectivity index is 1.27. The van der Waals surface area contributed by atoms with E-state index in [0.717, 1.165) is 56.8 Å². The molecule has 0 aromatic heterocycles. The van der Waals surface area contributed by atoms with Gasteiger partial charge < -0.3 is 25.0 Å². The third kappa shape index (κ3) is 5.98. The van der Waals surface area contributed by atoms with Crippen molar-refractivity contribution in [1.29, 1.82) is 0 Å². The first-order chi connectivity index (χ1) is 15.2. The molecular formula is C24H29N3O4. The number of hydrogen-bond donors (Lipinski definition) is 2. The molecule has 0 spiro atoms. The first-order valence-electron chi connectivity index (χ1n) is 10.9. The summed E-state index contributed by atoms with van der Waals surface area (Å²) in [6.07, 6.45) is 4.38. The molecule has 0 aliphatic carbocycles. The molecular weight excluding hydrogens is 394 g/mol. The molecule has 2 heterocycles. The number of amides is 2. The number of benzene rings is 2. The van der Waals surface area contributed by atoms with Gasteiger partial charge in [-0.15, -0.1) is 0 Å². The lowest BCUT2D eigenvalue weighted by Gasteiger charge is -2.16. The number of hydrogen-bond acceptors (Lipinski definition) is 5. The summed E-state index contributed by atoms with van der Waals surface area (Å²) in [4.78, 5) is 26.8. The summed E-state index contributed by atoms with van der Waals surface area (Å²) in [5.41, 5.74) is 2.02. The van der Waals surface area contributed by atoms with Gasteiger partial charge in [-0.1, -0.05) is 12.1 Å². The lowest BCUT2D eigenvalue weighted by molar-refractivity contribution is -0.114. The number of carbonyl (C=O) groups is 2. The van der Waals surface area contributed by atoms with E-state index in [2.05, 4.69) is 10.6 Å². The molecule has 2 aliphatic rings. The van der Waals surface area contributed by atoms with Gasteiger partial charge in [-0.25, -0.2) is 0 Å². The van der Waals surface area contributed by atoms with Crippen LogP contribution in [0.1, 0.15) is 36.0 Å². The fraction of sp³-hybridized carbons (Fsp3) is 0.417. The molecule has 4 rings (SSSR count). The highest BCUT2D eigenvalue weighted by Gasteiger charge is 2.19. The van der Waals surface area contributed by atoms with Gasteiger partial charge in [0.25, 0.3) is 5.91 Å². The number of carbonyl (C=O) groups excluding carboxylic acids is 2. The Kier molecular flexibility index (Phi) is 7.04. The third-order valence-corrected chi connectivity index (χ3v) is 5.53. The van der Waals surface area contributed by atoms with Crippen LogP contribution >= 0.6 is 0 Å². The molecule has 7 nitrogen and oxygen atoms in total. The second-order valence-corrected chi connectivity index (χ2v) is 7.96. The minimum Gasteiger partial charge on any atom is -0.491 e. The van der Waals surface area contributed by atoms with E-state index in [-0.39, 0.29) is 24.5 Å². The molecule has 1 atom stereocenters. The molecule has 2 N–H and O–H groups in total. The Morgan fingerprint density at radius 1 is 1.03 bits per heavy atom. The van der Waals surface area contributed by atoms with Crippen LogP contribution in [-0.2, 0) is 9.53 Å². The van der Waals surface area contributed by atoms with Crippen LogP contribution in [0.25, 0.3) is 0 Å². The molecule has 2 aliphatic heterocycles. The first-order valence-corrected chi connectivity index (χ1v) is 10.9. The quantitative estimate of drug-likeness (QED) is 0.679. The minimum atomic E-state index is -0.184. The van der Waals surface area contributed by atoms with Crippen LogP contribution in [0.2, 0.25) is 0 Å². The Hall–Kier alpha value is -3.06. The molecule has 0 bridgehead atoms. The number of ether oxygens (including phenoxy) is 2. The predicted octanol–water partition coefficient (Wildman–Crippen LogP) is 3.53. The van der Waals surface area contributed by atoms with Crippen LogP contribution in [0.15, 0.2) is 48.5 Å². The Bertz CT molecular complexity index is 905. The van der Waals surface area contributed by atoms with Gasteiger partial charge >= 0.3 is 0 Å². The van der Waals surface area contributed by atoms with E-state index in [1.807, 2.05) is 29.2 Å². The fourth-order valence-corrected chi connectivity index (χ4v) is 3.88.